The first-order chi connectivity index (χ1) is 25.9. The number of nitrogens with zero attached hydrogens (tertiary/aromatic N) is 5. The molecule has 1 N–H and O–H groups in total. The van der Waals surface area contributed by atoms with Gasteiger partial charge in [0.25, 0.3) is 0 Å². The second-order valence-corrected chi connectivity index (χ2v) is 15.8. The fraction of sp³-hybridized carbons (Fsp3) is 0.167. The summed E-state index contributed by atoms with van der Waals surface area (Å²) in [6, 6.07) is 44.8. The number of aromatic nitrogens is 4. The van der Waals surface area contributed by atoms with Crippen molar-refractivity contribution >= 4 is 38.7 Å². The number of hydrogen-bond acceptors (Lipinski definition) is 6. The van der Waals surface area contributed by atoms with Crippen molar-refractivity contribution in [2.24, 2.45) is 0 Å². The van der Waals surface area contributed by atoms with E-state index in [0.717, 1.165) is 66.7 Å². The average molecular weight is 900 g/mol. The van der Waals surface area contributed by atoms with Gasteiger partial charge in [-0.1, -0.05) is 120 Å². The summed E-state index contributed by atoms with van der Waals surface area (Å²) in [5.41, 5.74) is 7.05. The molecule has 276 valence electrons. The molecule has 0 aliphatic heterocycles. The van der Waals surface area contributed by atoms with Crippen LogP contribution in [-0.2, 0) is 31.9 Å². The Kier molecular flexibility index (Phi) is 10.1. The molecule has 3 heterocycles. The van der Waals surface area contributed by atoms with Crippen LogP contribution in [0.4, 0.5) is 17.2 Å². The molecule has 0 bridgehead atoms. The topological polar surface area (TPSA) is 75.0 Å². The molecule has 0 spiro atoms. The zero-order valence-electron chi connectivity index (χ0n) is 31.8. The third-order valence-corrected chi connectivity index (χ3v) is 9.86. The Hall–Kier alpha value is -5.71. The zero-order chi connectivity index (χ0) is 37.6. The molecule has 8 rings (SSSR count). The molecule has 5 aromatic carbocycles. The van der Waals surface area contributed by atoms with Crippen molar-refractivity contribution in [3.8, 4) is 39.7 Å². The Balaban J connectivity index is 0.00000465. The monoisotopic (exact) mass is 899 g/mol. The van der Waals surface area contributed by atoms with E-state index in [1.54, 1.807) is 6.20 Å². The summed E-state index contributed by atoms with van der Waals surface area (Å²) in [6.45, 7) is 12.9. The largest absolute Gasteiger partial charge is 0.507 e. The van der Waals surface area contributed by atoms with E-state index in [1.165, 1.54) is 0 Å². The molecule has 8 aromatic rings. The molecule has 0 aliphatic carbocycles. The number of rotatable bonds is 6. The first-order valence-corrected chi connectivity index (χ1v) is 18.3. The van der Waals surface area contributed by atoms with Gasteiger partial charge in [0.15, 0.2) is 5.82 Å². The van der Waals surface area contributed by atoms with Crippen LogP contribution in [0.25, 0.3) is 55.4 Å². The number of phenolic OH excluding ortho intramolecular Hbond substituents is 1. The molecule has 0 unspecified atom stereocenters. The molecule has 3 aromatic heterocycles. The summed E-state index contributed by atoms with van der Waals surface area (Å²) in [6.07, 6.45) is 5.54. The number of benzene rings is 5. The van der Waals surface area contributed by atoms with E-state index in [4.69, 9.17) is 15.0 Å². The van der Waals surface area contributed by atoms with E-state index in [-0.39, 0.29) is 37.6 Å². The van der Waals surface area contributed by atoms with Crippen LogP contribution in [0.3, 0.4) is 0 Å². The van der Waals surface area contributed by atoms with Gasteiger partial charge in [-0.2, -0.15) is 0 Å². The maximum atomic E-state index is 11.9. The first kappa shape index (κ1) is 37.6. The van der Waals surface area contributed by atoms with Crippen molar-refractivity contribution in [3.63, 3.8) is 0 Å². The van der Waals surface area contributed by atoms with Gasteiger partial charge in [-0.05, 0) is 63.0 Å². The van der Waals surface area contributed by atoms with Crippen molar-refractivity contribution in [1.82, 2.24) is 19.9 Å². The van der Waals surface area contributed by atoms with Gasteiger partial charge in [-0.3, -0.25) is 9.97 Å². The van der Waals surface area contributed by atoms with Crippen LogP contribution in [0.15, 0.2) is 140 Å². The summed E-state index contributed by atoms with van der Waals surface area (Å²) >= 11 is 0. The summed E-state index contributed by atoms with van der Waals surface area (Å²) in [7, 11) is 0. The normalized spacial score (nSPS) is 11.7. The zero-order valence-corrected chi connectivity index (χ0v) is 34.1. The second kappa shape index (κ2) is 14.8. The molecular formula is C48H42N5OPt-. The Morgan fingerprint density at radius 2 is 1.36 bits per heavy atom. The molecule has 55 heavy (non-hydrogen) atoms. The maximum Gasteiger partial charge on any atom is 0.154 e. The van der Waals surface area contributed by atoms with E-state index < -0.39 is 0 Å². The van der Waals surface area contributed by atoms with Crippen LogP contribution in [0, 0.1) is 6.07 Å². The van der Waals surface area contributed by atoms with Crippen molar-refractivity contribution in [1.29, 1.82) is 0 Å². The molecule has 0 radical (unpaired) electrons. The Morgan fingerprint density at radius 1 is 0.636 bits per heavy atom. The van der Waals surface area contributed by atoms with Crippen LogP contribution in [0.1, 0.15) is 52.7 Å². The molecule has 0 fully saturated rings. The number of anilines is 3. The van der Waals surface area contributed by atoms with Crippen molar-refractivity contribution in [2.75, 3.05) is 4.90 Å². The fourth-order valence-electron chi connectivity index (χ4n) is 6.88. The van der Waals surface area contributed by atoms with Crippen LogP contribution in [0.2, 0.25) is 0 Å². The minimum Gasteiger partial charge on any atom is -0.507 e. The van der Waals surface area contributed by atoms with Gasteiger partial charge in [0.2, 0.25) is 0 Å². The van der Waals surface area contributed by atoms with Crippen LogP contribution in [0.5, 0.6) is 5.75 Å². The fourth-order valence-corrected chi connectivity index (χ4v) is 6.88. The van der Waals surface area contributed by atoms with E-state index in [2.05, 4.69) is 118 Å². The molecule has 0 aliphatic rings. The number of phenols is 1. The Labute approximate surface area is 337 Å². The van der Waals surface area contributed by atoms with Gasteiger partial charge in [0.1, 0.15) is 11.6 Å². The molecule has 6 nitrogen and oxygen atoms in total. The second-order valence-electron chi connectivity index (χ2n) is 15.8. The first-order valence-electron chi connectivity index (χ1n) is 18.3. The van der Waals surface area contributed by atoms with E-state index >= 15 is 0 Å². The summed E-state index contributed by atoms with van der Waals surface area (Å²) in [4.78, 5) is 21.8. The molecule has 0 amide bonds. The third kappa shape index (κ3) is 7.52. The van der Waals surface area contributed by atoms with Gasteiger partial charge in [-0.15, -0.1) is 29.8 Å². The number of hydrogen-bond donors (Lipinski definition) is 1. The van der Waals surface area contributed by atoms with Gasteiger partial charge < -0.3 is 10.0 Å². The van der Waals surface area contributed by atoms with E-state index in [0.29, 0.717) is 17.1 Å². The minimum atomic E-state index is -0.306. The van der Waals surface area contributed by atoms with Crippen molar-refractivity contribution < 1.29 is 26.2 Å². The van der Waals surface area contributed by atoms with Gasteiger partial charge >= 0.3 is 0 Å². The number of fused-ring (bicyclic) bond motifs is 2. The average Bonchev–Trinajstić information content (AvgIpc) is 3.17. The minimum absolute atomic E-state index is 0. The van der Waals surface area contributed by atoms with Gasteiger partial charge in [0, 0.05) is 61.4 Å². The van der Waals surface area contributed by atoms with Crippen molar-refractivity contribution in [2.45, 2.75) is 52.4 Å². The standard InChI is InChI=1S/C48H42N5O.Pt/c1-47(2,3)36-26-39(45(54)40(27-36)48(4,5)6)46-51-41(32-15-8-7-9-16-32)28-42(52-46)33-18-12-19-37(24-33)53(43-21-13-17-31-14-10-11-20-38(31)43)44-25-35-29-49-23-22-34(35)30-50-44;/h7-23,25-30,54H,1-6H3;/q-1;. The molecule has 7 heteroatoms. The Morgan fingerprint density at radius 3 is 2.15 bits per heavy atom. The summed E-state index contributed by atoms with van der Waals surface area (Å²) < 4.78 is 0. The van der Waals surface area contributed by atoms with Crippen LogP contribution in [-0.4, -0.2) is 25.0 Å². The smallest absolute Gasteiger partial charge is 0.154 e. The molecule has 0 saturated heterocycles. The Bertz CT molecular complexity index is 2660. The van der Waals surface area contributed by atoms with E-state index in [1.807, 2.05) is 73.1 Å². The van der Waals surface area contributed by atoms with E-state index in [9.17, 15) is 5.11 Å². The van der Waals surface area contributed by atoms with Gasteiger partial charge in [-0.25, -0.2) is 9.97 Å². The number of pyridine rings is 2. The molecule has 0 saturated carbocycles. The van der Waals surface area contributed by atoms with Crippen molar-refractivity contribution in [3.05, 3.63) is 157 Å². The van der Waals surface area contributed by atoms with Crippen LogP contribution >= 0.6 is 0 Å². The van der Waals surface area contributed by atoms with Gasteiger partial charge in [0.05, 0.1) is 16.9 Å². The maximum absolute atomic E-state index is 11.9. The quantitative estimate of drug-likeness (QED) is 0.168. The third-order valence-electron chi connectivity index (χ3n) is 9.86. The molecular weight excluding hydrogens is 858 g/mol. The van der Waals surface area contributed by atoms with Crippen LogP contribution < -0.4 is 4.90 Å². The summed E-state index contributed by atoms with van der Waals surface area (Å²) in [5.74, 6) is 1.39. The molecule has 0 atom stereocenters. The SMILES string of the molecule is CC(C)(C)c1cc(-c2nc(-c3[c-]c(N(c4cc5cnccc5cn4)c4cccc5ccccc45)ccc3)cc(-c3ccccc3)n2)c(O)c(C(C)(C)C)c1.[Pt]. The number of aromatic hydroxyl groups is 1. The predicted octanol–water partition coefficient (Wildman–Crippen LogP) is 12.1. The predicted molar refractivity (Wildman–Crippen MR) is 222 cm³/mol. The summed E-state index contributed by atoms with van der Waals surface area (Å²) in [5, 5.41) is 16.1.